The Labute approximate surface area is 126 Å². The monoisotopic (exact) mass is 339 g/mol. The fraction of sp³-hybridized carbons (Fsp3) is 0.500. The first-order valence-electron chi connectivity index (χ1n) is 6.65. The molecule has 102 valence electrons. The van der Waals surface area contributed by atoms with E-state index < -0.39 is 0 Å². The van der Waals surface area contributed by atoms with Crippen LogP contribution in [0.3, 0.4) is 0 Å². The Morgan fingerprint density at radius 1 is 1.53 bits per heavy atom. The Bertz CT molecular complexity index is 548. The Morgan fingerprint density at radius 3 is 3.11 bits per heavy atom. The van der Waals surface area contributed by atoms with Crippen molar-refractivity contribution in [3.05, 3.63) is 38.8 Å². The van der Waals surface area contributed by atoms with Crippen LogP contribution < -0.4 is 0 Å². The van der Waals surface area contributed by atoms with Gasteiger partial charge in [0.1, 0.15) is 0 Å². The molecule has 0 bridgehead atoms. The highest BCUT2D eigenvalue weighted by atomic mass is 79.9. The van der Waals surface area contributed by atoms with Gasteiger partial charge in [-0.2, -0.15) is 5.10 Å². The predicted molar refractivity (Wildman–Crippen MR) is 82.5 cm³/mol. The second-order valence-electron chi connectivity index (χ2n) is 5.21. The summed E-state index contributed by atoms with van der Waals surface area (Å²) in [6.07, 6.45) is 4.47. The molecule has 1 saturated heterocycles. The van der Waals surface area contributed by atoms with Crippen LogP contribution in [0.5, 0.6) is 0 Å². The van der Waals surface area contributed by atoms with Gasteiger partial charge in [-0.05, 0) is 58.4 Å². The molecule has 5 heteroatoms. The van der Waals surface area contributed by atoms with Gasteiger partial charge in [0.05, 0.1) is 3.79 Å². The van der Waals surface area contributed by atoms with Crippen molar-refractivity contribution < 1.29 is 0 Å². The van der Waals surface area contributed by atoms with Crippen molar-refractivity contribution >= 4 is 27.3 Å². The lowest BCUT2D eigenvalue weighted by Gasteiger charge is -2.32. The molecule has 0 amide bonds. The molecule has 1 aliphatic rings. The van der Waals surface area contributed by atoms with E-state index in [0.29, 0.717) is 5.92 Å². The largest absolute Gasteiger partial charge is 0.298 e. The van der Waals surface area contributed by atoms with Crippen LogP contribution in [0.15, 0.2) is 27.5 Å². The number of halogens is 1. The maximum Gasteiger partial charge on any atom is 0.0701 e. The van der Waals surface area contributed by atoms with E-state index in [1.54, 1.807) is 11.3 Å². The standard InChI is InChI=1S/C14H18BrN3S/c1-17-13(4-5-16-17)12-3-2-6-18(9-12)8-11-7-14(15)19-10-11/h4-5,7,10,12H,2-3,6,8-9H2,1H3/t12-/m1/s1. The van der Waals surface area contributed by atoms with Gasteiger partial charge < -0.3 is 0 Å². The van der Waals surface area contributed by atoms with Crippen LogP contribution in [0, 0.1) is 0 Å². The molecule has 3 rings (SSSR count). The second-order valence-corrected chi connectivity index (χ2v) is 7.50. The topological polar surface area (TPSA) is 21.1 Å². The van der Waals surface area contributed by atoms with Crippen molar-refractivity contribution in [2.45, 2.75) is 25.3 Å². The van der Waals surface area contributed by atoms with Crippen molar-refractivity contribution in [3.8, 4) is 0 Å². The Balaban J connectivity index is 1.66. The molecule has 19 heavy (non-hydrogen) atoms. The summed E-state index contributed by atoms with van der Waals surface area (Å²) >= 11 is 5.31. The molecule has 0 unspecified atom stereocenters. The highest BCUT2D eigenvalue weighted by Crippen LogP contribution is 2.28. The maximum absolute atomic E-state index is 4.30. The quantitative estimate of drug-likeness (QED) is 0.851. The lowest BCUT2D eigenvalue weighted by Crippen LogP contribution is -2.34. The molecule has 0 spiro atoms. The molecule has 1 fully saturated rings. The van der Waals surface area contributed by atoms with Crippen molar-refractivity contribution in [1.82, 2.24) is 14.7 Å². The third-order valence-corrected chi connectivity index (χ3v) is 5.36. The number of likely N-dealkylation sites (tertiary alicyclic amines) is 1. The average Bonchev–Trinajstić information content (AvgIpc) is 2.99. The average molecular weight is 340 g/mol. The lowest BCUT2D eigenvalue weighted by molar-refractivity contribution is 0.197. The third kappa shape index (κ3) is 3.09. The van der Waals surface area contributed by atoms with Crippen LogP contribution in [-0.2, 0) is 13.6 Å². The van der Waals surface area contributed by atoms with Gasteiger partial charge in [-0.3, -0.25) is 9.58 Å². The van der Waals surface area contributed by atoms with Crippen molar-refractivity contribution in [2.24, 2.45) is 7.05 Å². The summed E-state index contributed by atoms with van der Waals surface area (Å²) in [5.74, 6) is 0.628. The van der Waals surface area contributed by atoms with Gasteiger partial charge in [-0.25, -0.2) is 0 Å². The second kappa shape index (κ2) is 5.77. The minimum absolute atomic E-state index is 0.628. The molecule has 0 saturated carbocycles. The van der Waals surface area contributed by atoms with Gasteiger partial charge >= 0.3 is 0 Å². The van der Waals surface area contributed by atoms with Crippen molar-refractivity contribution in [2.75, 3.05) is 13.1 Å². The zero-order chi connectivity index (χ0) is 13.2. The van der Waals surface area contributed by atoms with Crippen LogP contribution in [0.25, 0.3) is 0 Å². The van der Waals surface area contributed by atoms with E-state index in [9.17, 15) is 0 Å². The van der Waals surface area contributed by atoms with Gasteiger partial charge in [0.25, 0.3) is 0 Å². The van der Waals surface area contributed by atoms with Crippen LogP contribution in [-0.4, -0.2) is 27.8 Å². The molecule has 3 heterocycles. The Kier molecular flexibility index (Phi) is 4.05. The molecule has 0 aliphatic carbocycles. The molecule has 1 aliphatic heterocycles. The Hall–Kier alpha value is -0.650. The number of nitrogens with zero attached hydrogens (tertiary/aromatic N) is 3. The molecule has 1 atom stereocenters. The number of hydrogen-bond donors (Lipinski definition) is 0. The van der Waals surface area contributed by atoms with Gasteiger partial charge in [0.2, 0.25) is 0 Å². The zero-order valence-corrected chi connectivity index (χ0v) is 13.5. The molecular formula is C14H18BrN3S. The van der Waals surface area contributed by atoms with Gasteiger partial charge in [0.15, 0.2) is 0 Å². The zero-order valence-electron chi connectivity index (χ0n) is 11.1. The van der Waals surface area contributed by atoms with Crippen LogP contribution in [0.2, 0.25) is 0 Å². The van der Waals surface area contributed by atoms with E-state index >= 15 is 0 Å². The van der Waals surface area contributed by atoms with Crippen molar-refractivity contribution in [3.63, 3.8) is 0 Å². The van der Waals surface area contributed by atoms with E-state index in [4.69, 9.17) is 0 Å². The predicted octanol–water partition coefficient (Wildman–Crippen LogP) is 3.62. The minimum atomic E-state index is 0.628. The number of piperidine rings is 1. The number of aryl methyl sites for hydroxylation is 1. The van der Waals surface area contributed by atoms with Crippen LogP contribution in [0.1, 0.15) is 30.0 Å². The van der Waals surface area contributed by atoms with Gasteiger partial charge in [-0.1, -0.05) is 0 Å². The lowest BCUT2D eigenvalue weighted by atomic mass is 9.94. The van der Waals surface area contributed by atoms with Crippen LogP contribution in [0.4, 0.5) is 0 Å². The summed E-state index contributed by atoms with van der Waals surface area (Å²) in [6, 6.07) is 4.40. The number of thiophene rings is 1. The molecule has 0 radical (unpaired) electrons. The first-order chi connectivity index (χ1) is 9.22. The normalized spacial score (nSPS) is 20.8. The molecule has 3 nitrogen and oxygen atoms in total. The molecule has 0 aromatic carbocycles. The fourth-order valence-electron chi connectivity index (χ4n) is 2.91. The smallest absolute Gasteiger partial charge is 0.0701 e. The fourth-order valence-corrected chi connectivity index (χ4v) is 4.11. The van der Waals surface area contributed by atoms with E-state index in [-0.39, 0.29) is 0 Å². The van der Waals surface area contributed by atoms with Crippen molar-refractivity contribution in [1.29, 1.82) is 0 Å². The van der Waals surface area contributed by atoms with Gasteiger partial charge in [0, 0.05) is 37.9 Å². The van der Waals surface area contributed by atoms with Gasteiger partial charge in [-0.15, -0.1) is 11.3 Å². The van der Waals surface area contributed by atoms with Crippen LogP contribution >= 0.6 is 27.3 Å². The van der Waals surface area contributed by atoms with E-state index in [1.165, 1.54) is 34.4 Å². The third-order valence-electron chi connectivity index (χ3n) is 3.81. The highest BCUT2D eigenvalue weighted by Gasteiger charge is 2.23. The molecular weight excluding hydrogens is 322 g/mol. The summed E-state index contributed by atoms with van der Waals surface area (Å²) < 4.78 is 3.25. The highest BCUT2D eigenvalue weighted by molar-refractivity contribution is 9.11. The molecule has 2 aromatic rings. The summed E-state index contributed by atoms with van der Waals surface area (Å²) in [5, 5.41) is 6.55. The summed E-state index contributed by atoms with van der Waals surface area (Å²) in [5.41, 5.74) is 2.79. The maximum atomic E-state index is 4.30. The van der Waals surface area contributed by atoms with E-state index in [0.717, 1.165) is 13.1 Å². The summed E-state index contributed by atoms with van der Waals surface area (Å²) in [7, 11) is 2.05. The first kappa shape index (κ1) is 13.3. The number of aromatic nitrogens is 2. The first-order valence-corrected chi connectivity index (χ1v) is 8.33. The summed E-state index contributed by atoms with van der Waals surface area (Å²) in [4.78, 5) is 2.57. The number of rotatable bonds is 3. The molecule has 0 N–H and O–H groups in total. The SMILES string of the molecule is Cn1nccc1[C@@H]1CCCN(Cc2csc(Br)c2)C1. The molecule has 2 aromatic heterocycles. The van der Waals surface area contributed by atoms with E-state index in [2.05, 4.69) is 43.4 Å². The van der Waals surface area contributed by atoms with E-state index in [1.807, 2.05) is 17.9 Å². The minimum Gasteiger partial charge on any atom is -0.298 e. The summed E-state index contributed by atoms with van der Waals surface area (Å²) in [6.45, 7) is 3.42. The Morgan fingerprint density at radius 2 is 2.42 bits per heavy atom. The number of hydrogen-bond acceptors (Lipinski definition) is 3.